The summed E-state index contributed by atoms with van der Waals surface area (Å²) in [6.45, 7) is 1.94. The van der Waals surface area contributed by atoms with Crippen LogP contribution in [0.1, 0.15) is 30.8 Å². The summed E-state index contributed by atoms with van der Waals surface area (Å²) in [5, 5.41) is 28.9. The van der Waals surface area contributed by atoms with E-state index in [0.29, 0.717) is 12.4 Å². The van der Waals surface area contributed by atoms with E-state index in [1.165, 1.54) is 9.36 Å². The summed E-state index contributed by atoms with van der Waals surface area (Å²) < 4.78 is 7.34. The maximum Gasteiger partial charge on any atom is 0.378 e. The van der Waals surface area contributed by atoms with Crippen molar-refractivity contribution in [2.24, 2.45) is 14.1 Å². The number of nitrogens with zero attached hydrogens (tertiary/aromatic N) is 8. The number of carbonyl (C=O) groups excluding carboxylic acids is 1. The van der Waals surface area contributed by atoms with Gasteiger partial charge in [-0.15, -0.1) is 10.2 Å². The fourth-order valence-electron chi connectivity index (χ4n) is 0.980. The van der Waals surface area contributed by atoms with Gasteiger partial charge in [0.15, 0.2) is 5.82 Å². The van der Waals surface area contributed by atoms with Crippen LogP contribution in [0.25, 0.3) is 0 Å². The molecule has 0 amide bonds. The lowest BCUT2D eigenvalue weighted by molar-refractivity contribution is 0.0506. The summed E-state index contributed by atoms with van der Waals surface area (Å²) in [6.07, 6.45) is 0. The quantitative estimate of drug-likeness (QED) is 0.522. The minimum absolute atomic E-state index is 0. The van der Waals surface area contributed by atoms with Gasteiger partial charge >= 0.3 is 5.97 Å². The second-order valence-corrected chi connectivity index (χ2v) is 3.22. The van der Waals surface area contributed by atoms with E-state index < -0.39 is 5.97 Å². The summed E-state index contributed by atoms with van der Waals surface area (Å²) in [5.41, 5.74) is 0. The van der Waals surface area contributed by atoms with Crippen LogP contribution in [0.2, 0.25) is 0 Å². The van der Waals surface area contributed by atoms with Crippen LogP contribution >= 0.6 is 0 Å². The first-order chi connectivity index (χ1) is 9.10. The van der Waals surface area contributed by atoms with Crippen molar-refractivity contribution in [1.29, 1.82) is 0 Å². The summed E-state index contributed by atoms with van der Waals surface area (Å²) >= 11 is 0. The van der Waals surface area contributed by atoms with Crippen LogP contribution in [0.3, 0.4) is 0 Å². The van der Waals surface area contributed by atoms with E-state index in [1.54, 1.807) is 21.0 Å². The number of hydrogen-bond acceptors (Lipinski definition) is 9. The highest BCUT2D eigenvalue weighted by atomic mass is 16.5. The summed E-state index contributed by atoms with van der Waals surface area (Å²) in [5.74, 6) is 0.0943. The molecule has 0 aliphatic carbocycles. The number of rotatable bonds is 3. The molecule has 2 heterocycles. The lowest BCUT2D eigenvalue weighted by atomic mass is 10.6. The fraction of sp³-hybridized carbons (Fsp3) is 0.667. The van der Waals surface area contributed by atoms with Gasteiger partial charge in [0.25, 0.3) is 5.82 Å². The number of ether oxygens (including phenoxy) is 1. The van der Waals surface area contributed by atoms with Crippen molar-refractivity contribution in [3.05, 3.63) is 11.6 Å². The number of esters is 1. The maximum absolute atomic E-state index is 10.9. The van der Waals surface area contributed by atoms with E-state index in [1.807, 2.05) is 0 Å². The zero-order valence-corrected chi connectivity index (χ0v) is 11.3. The molecule has 12 heteroatoms. The largest absolute Gasteiger partial charge is 0.460 e. The Balaban J connectivity index is 0. The average Bonchev–Trinajstić information content (AvgIpc) is 2.98. The van der Waals surface area contributed by atoms with Gasteiger partial charge in [-0.25, -0.2) is 14.2 Å². The number of aryl methyl sites for hydroxylation is 2. The van der Waals surface area contributed by atoms with E-state index in [2.05, 4.69) is 35.8 Å². The number of aliphatic hydroxyl groups is 1. The molecule has 2 aromatic heterocycles. The number of aliphatic hydroxyl groups excluding tert-OH is 1. The zero-order chi connectivity index (χ0) is 14.3. The topological polar surface area (TPSA) is 134 Å². The molecule has 2 aromatic rings. The van der Waals surface area contributed by atoms with Crippen molar-refractivity contribution in [2.75, 3.05) is 6.61 Å². The van der Waals surface area contributed by atoms with Crippen LogP contribution in [-0.4, -0.2) is 66.5 Å². The van der Waals surface area contributed by atoms with Crippen LogP contribution < -0.4 is 0 Å². The second-order valence-electron chi connectivity index (χ2n) is 3.22. The predicted octanol–water partition coefficient (Wildman–Crippen LogP) is -1.66. The average molecular weight is 297 g/mol. The third-order valence-electron chi connectivity index (χ3n) is 1.93. The second kappa shape index (κ2) is 10.4. The molecular weight excluding hydrogens is 279 g/mol. The van der Waals surface area contributed by atoms with Gasteiger partial charge in [-0.1, -0.05) is 7.43 Å². The van der Waals surface area contributed by atoms with Crippen LogP contribution in [0.15, 0.2) is 0 Å². The molecule has 0 saturated carbocycles. The van der Waals surface area contributed by atoms with Crippen molar-refractivity contribution in [1.82, 2.24) is 40.4 Å². The van der Waals surface area contributed by atoms with Gasteiger partial charge in [-0.3, -0.25) is 0 Å². The van der Waals surface area contributed by atoms with E-state index >= 15 is 0 Å². The lowest BCUT2D eigenvalue weighted by Crippen LogP contribution is -2.11. The van der Waals surface area contributed by atoms with Crippen molar-refractivity contribution in [3.63, 3.8) is 0 Å². The van der Waals surface area contributed by atoms with Gasteiger partial charge in [-0.2, -0.15) is 0 Å². The van der Waals surface area contributed by atoms with Crippen molar-refractivity contribution < 1.29 is 14.6 Å². The van der Waals surface area contributed by atoms with Gasteiger partial charge < -0.3 is 9.84 Å². The molecular formula is C9H18BN8O3. The van der Waals surface area contributed by atoms with Gasteiger partial charge in [-0.05, 0) is 27.8 Å². The van der Waals surface area contributed by atoms with E-state index in [0.717, 1.165) is 0 Å². The molecule has 0 saturated heterocycles. The molecule has 0 fully saturated rings. The summed E-state index contributed by atoms with van der Waals surface area (Å²) in [7, 11) is 3.25. The molecule has 0 atom stereocenters. The molecule has 0 aliphatic rings. The normalized spacial score (nSPS) is 8.76. The Bertz CT molecular complexity index is 529. The highest BCUT2D eigenvalue weighted by Gasteiger charge is 2.12. The SMILES string of the molecule is C.CCOC(=O)c1nnnn1C.Cn1nnnc1CO.[B]. The Morgan fingerprint density at radius 3 is 2.10 bits per heavy atom. The standard InChI is InChI=1S/C5H8N4O2.C3H6N4O.CH4.B/c1-3-11-5(10)4-6-7-8-9(4)2;1-7-3(2-8)4-5-6-7;;/h3H2,1-2H3;8H,2H2,1H3;1H4;. The molecule has 0 spiro atoms. The Morgan fingerprint density at radius 1 is 1.19 bits per heavy atom. The Kier molecular flexibility index (Phi) is 10.4. The Labute approximate surface area is 123 Å². The molecule has 1 N–H and O–H groups in total. The summed E-state index contributed by atoms with van der Waals surface area (Å²) in [6, 6.07) is 0. The van der Waals surface area contributed by atoms with E-state index in [-0.39, 0.29) is 28.3 Å². The molecule has 0 bridgehead atoms. The van der Waals surface area contributed by atoms with Gasteiger partial charge in [0.2, 0.25) is 0 Å². The van der Waals surface area contributed by atoms with Crippen LogP contribution in [0.5, 0.6) is 0 Å². The predicted molar refractivity (Wildman–Crippen MR) is 72.0 cm³/mol. The first-order valence-electron chi connectivity index (χ1n) is 5.31. The molecule has 2 rings (SSSR count). The molecule has 0 aromatic carbocycles. The van der Waals surface area contributed by atoms with Crippen molar-refractivity contribution in [3.8, 4) is 0 Å². The number of carbonyl (C=O) groups is 1. The lowest BCUT2D eigenvalue weighted by Gasteiger charge is -1.97. The number of hydrogen-bond donors (Lipinski definition) is 1. The molecule has 11 nitrogen and oxygen atoms in total. The third kappa shape index (κ3) is 6.08. The van der Waals surface area contributed by atoms with Gasteiger partial charge in [0, 0.05) is 22.5 Å². The minimum Gasteiger partial charge on any atom is -0.460 e. The first kappa shape index (κ1) is 20.9. The highest BCUT2D eigenvalue weighted by molar-refractivity contribution is 5.84. The van der Waals surface area contributed by atoms with Crippen molar-refractivity contribution >= 4 is 14.4 Å². The van der Waals surface area contributed by atoms with E-state index in [4.69, 9.17) is 5.11 Å². The summed E-state index contributed by atoms with van der Waals surface area (Å²) in [4.78, 5) is 10.9. The van der Waals surface area contributed by atoms with Crippen LogP contribution in [0, 0.1) is 0 Å². The van der Waals surface area contributed by atoms with Crippen molar-refractivity contribution in [2.45, 2.75) is 21.0 Å². The molecule has 115 valence electrons. The maximum atomic E-state index is 10.9. The Morgan fingerprint density at radius 2 is 1.76 bits per heavy atom. The van der Waals surface area contributed by atoms with Crippen LogP contribution in [-0.2, 0) is 25.4 Å². The van der Waals surface area contributed by atoms with Gasteiger partial charge in [0.1, 0.15) is 6.61 Å². The monoisotopic (exact) mass is 297 g/mol. The number of tetrazole rings is 2. The molecule has 3 radical (unpaired) electrons. The molecule has 0 aliphatic heterocycles. The first-order valence-corrected chi connectivity index (χ1v) is 5.31. The fourth-order valence-corrected chi connectivity index (χ4v) is 0.980. The zero-order valence-electron chi connectivity index (χ0n) is 11.3. The third-order valence-corrected chi connectivity index (χ3v) is 1.93. The van der Waals surface area contributed by atoms with Crippen LogP contribution in [0.4, 0.5) is 0 Å². The molecule has 0 unspecified atom stereocenters. The van der Waals surface area contributed by atoms with Gasteiger partial charge in [0.05, 0.1) is 6.61 Å². The minimum atomic E-state index is -0.500. The number of aromatic nitrogens is 8. The smallest absolute Gasteiger partial charge is 0.378 e. The Hall–Kier alpha value is -2.37. The van der Waals surface area contributed by atoms with E-state index in [9.17, 15) is 4.79 Å². The highest BCUT2D eigenvalue weighted by Crippen LogP contribution is 1.91. The molecule has 21 heavy (non-hydrogen) atoms.